The molecule has 9 heteroatoms. The lowest BCUT2D eigenvalue weighted by molar-refractivity contribution is -0.129. The Morgan fingerprint density at radius 1 is 1.43 bits per heavy atom. The lowest BCUT2D eigenvalue weighted by Crippen LogP contribution is -2.39. The van der Waals surface area contributed by atoms with Crippen molar-refractivity contribution in [2.75, 3.05) is 19.7 Å². The lowest BCUT2D eigenvalue weighted by atomic mass is 10.2. The van der Waals surface area contributed by atoms with Gasteiger partial charge in [0.2, 0.25) is 15.9 Å². The molecule has 118 valence electrons. The number of nitrogens with zero attached hydrogens (tertiary/aromatic N) is 1. The zero-order valence-electron chi connectivity index (χ0n) is 12.1. The van der Waals surface area contributed by atoms with Crippen molar-refractivity contribution in [3.05, 3.63) is 11.4 Å². The van der Waals surface area contributed by atoms with E-state index in [0.29, 0.717) is 24.4 Å². The maximum Gasteiger partial charge on any atom is 0.249 e. The van der Waals surface area contributed by atoms with Crippen LogP contribution in [0.4, 0.5) is 0 Å². The molecule has 2 heterocycles. The molecule has 1 aromatic heterocycles. The van der Waals surface area contributed by atoms with E-state index in [4.69, 9.17) is 4.74 Å². The number of aromatic amines is 1. The van der Waals surface area contributed by atoms with Crippen LogP contribution in [-0.4, -0.2) is 50.3 Å². The summed E-state index contributed by atoms with van der Waals surface area (Å²) >= 11 is 0. The lowest BCUT2D eigenvalue weighted by Gasteiger charge is -2.11. The third-order valence-electron chi connectivity index (χ3n) is 3.27. The normalized spacial score (nSPS) is 18.9. The summed E-state index contributed by atoms with van der Waals surface area (Å²) in [5, 5.41) is 9.15. The van der Waals surface area contributed by atoms with Crippen LogP contribution in [0.2, 0.25) is 0 Å². The number of aromatic nitrogens is 2. The van der Waals surface area contributed by atoms with E-state index in [-0.39, 0.29) is 23.9 Å². The molecule has 0 aromatic carbocycles. The number of carbonyl (C=O) groups excluding carboxylic acids is 1. The Morgan fingerprint density at radius 2 is 2.19 bits per heavy atom. The van der Waals surface area contributed by atoms with E-state index in [9.17, 15) is 13.2 Å². The fourth-order valence-electron chi connectivity index (χ4n) is 2.28. The number of sulfonamides is 1. The second kappa shape index (κ2) is 6.54. The van der Waals surface area contributed by atoms with Gasteiger partial charge in [-0.2, -0.15) is 5.10 Å². The van der Waals surface area contributed by atoms with Gasteiger partial charge in [0.15, 0.2) is 0 Å². The van der Waals surface area contributed by atoms with Crippen LogP contribution in [0, 0.1) is 13.8 Å². The molecule has 0 aliphatic carbocycles. The van der Waals surface area contributed by atoms with E-state index < -0.39 is 16.1 Å². The summed E-state index contributed by atoms with van der Waals surface area (Å²) in [6.45, 7) is 4.20. The van der Waals surface area contributed by atoms with Crippen molar-refractivity contribution in [3.8, 4) is 0 Å². The third-order valence-corrected chi connectivity index (χ3v) is 4.99. The zero-order valence-corrected chi connectivity index (χ0v) is 12.9. The van der Waals surface area contributed by atoms with Crippen molar-refractivity contribution in [1.82, 2.24) is 20.2 Å². The van der Waals surface area contributed by atoms with Crippen LogP contribution in [-0.2, 0) is 19.6 Å². The molecule has 1 aromatic rings. The van der Waals surface area contributed by atoms with E-state index in [1.54, 1.807) is 13.8 Å². The first kappa shape index (κ1) is 15.9. The van der Waals surface area contributed by atoms with Crippen LogP contribution in [0.5, 0.6) is 0 Å². The highest BCUT2D eigenvalue weighted by Crippen LogP contribution is 2.15. The molecule has 8 nitrogen and oxygen atoms in total. The summed E-state index contributed by atoms with van der Waals surface area (Å²) in [6, 6.07) is 0. The van der Waals surface area contributed by atoms with Gasteiger partial charge in [-0.05, 0) is 26.7 Å². The Morgan fingerprint density at radius 3 is 2.76 bits per heavy atom. The SMILES string of the molecule is Cc1n[nH]c(C)c1S(=O)(=O)NCCNC(=O)C1CCCO1. The zero-order chi connectivity index (χ0) is 15.5. The van der Waals surface area contributed by atoms with Gasteiger partial charge < -0.3 is 10.1 Å². The summed E-state index contributed by atoms with van der Waals surface area (Å²) in [5.41, 5.74) is 0.909. The number of amides is 1. The molecular weight excluding hydrogens is 296 g/mol. The first-order valence-corrected chi connectivity index (χ1v) is 8.30. The second-order valence-electron chi connectivity index (χ2n) is 4.95. The summed E-state index contributed by atoms with van der Waals surface area (Å²) in [7, 11) is -3.62. The number of H-pyrrole nitrogens is 1. The highest BCUT2D eigenvalue weighted by molar-refractivity contribution is 7.89. The predicted molar refractivity (Wildman–Crippen MR) is 75.2 cm³/mol. The van der Waals surface area contributed by atoms with Gasteiger partial charge in [0, 0.05) is 19.7 Å². The molecule has 0 bridgehead atoms. The molecule has 1 aliphatic heterocycles. The van der Waals surface area contributed by atoms with Crippen LogP contribution < -0.4 is 10.0 Å². The molecule has 1 atom stereocenters. The molecule has 2 rings (SSSR count). The first-order valence-electron chi connectivity index (χ1n) is 6.82. The predicted octanol–water partition coefficient (Wildman–Crippen LogP) is -0.400. The Kier molecular flexibility index (Phi) is 4.96. The van der Waals surface area contributed by atoms with Gasteiger partial charge in [0.25, 0.3) is 0 Å². The Labute approximate surface area is 123 Å². The summed E-state index contributed by atoms with van der Waals surface area (Å²) in [4.78, 5) is 11.8. The van der Waals surface area contributed by atoms with Gasteiger partial charge in [0.1, 0.15) is 11.0 Å². The topological polar surface area (TPSA) is 113 Å². The molecule has 1 amide bonds. The highest BCUT2D eigenvalue weighted by Gasteiger charge is 2.24. The van der Waals surface area contributed by atoms with E-state index in [1.165, 1.54) is 0 Å². The van der Waals surface area contributed by atoms with Gasteiger partial charge in [-0.25, -0.2) is 13.1 Å². The molecule has 0 saturated carbocycles. The second-order valence-corrected chi connectivity index (χ2v) is 6.66. The van der Waals surface area contributed by atoms with E-state index >= 15 is 0 Å². The molecule has 0 radical (unpaired) electrons. The standard InChI is InChI=1S/C12H20N4O4S/c1-8-11(9(2)16-15-8)21(18,19)14-6-5-13-12(17)10-4-3-7-20-10/h10,14H,3-7H2,1-2H3,(H,13,17)(H,15,16). The minimum atomic E-state index is -3.62. The average molecular weight is 316 g/mol. The average Bonchev–Trinajstić information content (AvgIpc) is 3.05. The molecule has 1 aliphatic rings. The van der Waals surface area contributed by atoms with Crippen LogP contribution >= 0.6 is 0 Å². The fourth-order valence-corrected chi connectivity index (χ4v) is 3.68. The number of aryl methyl sites for hydroxylation is 2. The molecule has 1 saturated heterocycles. The van der Waals surface area contributed by atoms with Crippen LogP contribution in [0.3, 0.4) is 0 Å². The maximum absolute atomic E-state index is 12.1. The van der Waals surface area contributed by atoms with Gasteiger partial charge in [-0.1, -0.05) is 0 Å². The van der Waals surface area contributed by atoms with Crippen molar-refractivity contribution in [3.63, 3.8) is 0 Å². The minimum absolute atomic E-state index is 0.116. The maximum atomic E-state index is 12.1. The summed E-state index contributed by atoms with van der Waals surface area (Å²) in [6.07, 6.45) is 1.19. The number of ether oxygens (including phenoxy) is 1. The Bertz CT molecular complexity index is 585. The Hall–Kier alpha value is -1.45. The van der Waals surface area contributed by atoms with Crippen LogP contribution in [0.1, 0.15) is 24.2 Å². The number of nitrogens with one attached hydrogen (secondary N) is 3. The van der Waals surface area contributed by atoms with Crippen LogP contribution in [0.15, 0.2) is 4.90 Å². The number of hydrogen-bond acceptors (Lipinski definition) is 5. The van der Waals surface area contributed by atoms with Crippen LogP contribution in [0.25, 0.3) is 0 Å². The van der Waals surface area contributed by atoms with Crippen molar-refractivity contribution < 1.29 is 17.9 Å². The van der Waals surface area contributed by atoms with Gasteiger partial charge >= 0.3 is 0 Å². The number of hydrogen-bond donors (Lipinski definition) is 3. The van der Waals surface area contributed by atoms with Gasteiger partial charge in [0.05, 0.1) is 11.4 Å². The van der Waals surface area contributed by atoms with Crippen molar-refractivity contribution in [2.45, 2.75) is 37.7 Å². The summed E-state index contributed by atoms with van der Waals surface area (Å²) in [5.74, 6) is -0.192. The smallest absolute Gasteiger partial charge is 0.249 e. The van der Waals surface area contributed by atoms with E-state index in [1.807, 2.05) is 0 Å². The first-order chi connectivity index (χ1) is 9.92. The molecule has 1 unspecified atom stereocenters. The van der Waals surface area contributed by atoms with Crippen molar-refractivity contribution in [2.24, 2.45) is 0 Å². The molecule has 3 N–H and O–H groups in total. The van der Waals surface area contributed by atoms with Crippen molar-refractivity contribution >= 4 is 15.9 Å². The monoisotopic (exact) mass is 316 g/mol. The highest BCUT2D eigenvalue weighted by atomic mass is 32.2. The fraction of sp³-hybridized carbons (Fsp3) is 0.667. The molecular formula is C12H20N4O4S. The third kappa shape index (κ3) is 3.80. The van der Waals surface area contributed by atoms with Crippen molar-refractivity contribution in [1.29, 1.82) is 0 Å². The minimum Gasteiger partial charge on any atom is -0.368 e. The van der Waals surface area contributed by atoms with E-state index in [0.717, 1.165) is 6.42 Å². The summed E-state index contributed by atoms with van der Waals surface area (Å²) < 4.78 is 31.9. The quantitative estimate of drug-likeness (QED) is 0.618. The van der Waals surface area contributed by atoms with E-state index in [2.05, 4.69) is 20.2 Å². The number of carbonyl (C=O) groups is 1. The molecule has 0 spiro atoms. The number of rotatable bonds is 6. The largest absolute Gasteiger partial charge is 0.368 e. The molecule has 1 fully saturated rings. The van der Waals surface area contributed by atoms with Gasteiger partial charge in [-0.3, -0.25) is 9.89 Å². The van der Waals surface area contributed by atoms with Gasteiger partial charge in [-0.15, -0.1) is 0 Å². The molecule has 21 heavy (non-hydrogen) atoms. The Balaban J connectivity index is 1.81.